The topological polar surface area (TPSA) is 25.8 Å². The van der Waals surface area contributed by atoms with Crippen molar-refractivity contribution >= 4 is 0 Å². The fourth-order valence-corrected chi connectivity index (χ4v) is 1.48. The average molecular weight is 274 g/mol. The number of alkyl halides is 5. The summed E-state index contributed by atoms with van der Waals surface area (Å²) in [6, 6.07) is 5.85. The Morgan fingerprint density at radius 2 is 1.79 bits per heavy atom. The van der Waals surface area contributed by atoms with Crippen molar-refractivity contribution in [2.75, 3.05) is 0 Å². The number of halogens is 5. The zero-order valence-electron chi connectivity index (χ0n) is 9.33. The predicted molar refractivity (Wildman–Crippen MR) is 57.4 cm³/mol. The molecule has 0 aromatic carbocycles. The van der Waals surface area contributed by atoms with Gasteiger partial charge in [-0.15, -0.1) is 0 Å². The molecule has 0 saturated carbocycles. The molecule has 7 heteroatoms. The molecule has 0 atom stereocenters. The van der Waals surface area contributed by atoms with E-state index in [2.05, 4.69) is 9.97 Å². The summed E-state index contributed by atoms with van der Waals surface area (Å²) in [5.41, 5.74) is -1.44. The van der Waals surface area contributed by atoms with Crippen molar-refractivity contribution in [3.8, 4) is 11.3 Å². The second-order valence-corrected chi connectivity index (χ2v) is 3.68. The van der Waals surface area contributed by atoms with Crippen molar-refractivity contribution in [1.82, 2.24) is 9.97 Å². The Morgan fingerprint density at radius 1 is 1.05 bits per heavy atom. The first kappa shape index (κ1) is 13.4. The van der Waals surface area contributed by atoms with Gasteiger partial charge in [-0.2, -0.15) is 13.2 Å². The van der Waals surface area contributed by atoms with Crippen LogP contribution in [0.3, 0.4) is 0 Å². The maximum Gasteiger partial charge on any atom is 0.433 e. The molecular formula is C12H7F5N2. The van der Waals surface area contributed by atoms with Gasteiger partial charge in [-0.1, -0.05) is 6.07 Å². The second kappa shape index (κ2) is 4.91. The smallest absolute Gasteiger partial charge is 0.252 e. The second-order valence-electron chi connectivity index (χ2n) is 3.68. The van der Waals surface area contributed by atoms with E-state index in [9.17, 15) is 22.0 Å². The summed E-state index contributed by atoms with van der Waals surface area (Å²) in [6.45, 7) is 0. The van der Waals surface area contributed by atoms with Gasteiger partial charge in [0.25, 0.3) is 6.43 Å². The minimum Gasteiger partial charge on any atom is -0.252 e. The molecule has 0 aliphatic heterocycles. The highest BCUT2D eigenvalue weighted by atomic mass is 19.4. The first-order valence-corrected chi connectivity index (χ1v) is 5.16. The zero-order valence-corrected chi connectivity index (χ0v) is 9.33. The van der Waals surface area contributed by atoms with E-state index in [0.29, 0.717) is 0 Å². The van der Waals surface area contributed by atoms with Crippen molar-refractivity contribution in [2.45, 2.75) is 12.6 Å². The third-order valence-electron chi connectivity index (χ3n) is 2.34. The van der Waals surface area contributed by atoms with Crippen LogP contribution >= 0.6 is 0 Å². The third kappa shape index (κ3) is 3.04. The van der Waals surface area contributed by atoms with Crippen LogP contribution in [0.1, 0.15) is 17.8 Å². The van der Waals surface area contributed by atoms with Gasteiger partial charge < -0.3 is 0 Å². The van der Waals surface area contributed by atoms with E-state index in [1.807, 2.05) is 0 Å². The van der Waals surface area contributed by atoms with Crippen molar-refractivity contribution in [2.24, 2.45) is 0 Å². The highest BCUT2D eigenvalue weighted by Crippen LogP contribution is 2.30. The highest BCUT2D eigenvalue weighted by Gasteiger charge is 2.32. The molecule has 2 rings (SSSR count). The van der Waals surface area contributed by atoms with Gasteiger partial charge in [-0.25, -0.2) is 13.8 Å². The quantitative estimate of drug-likeness (QED) is 0.770. The van der Waals surface area contributed by atoms with E-state index in [-0.39, 0.29) is 11.3 Å². The lowest BCUT2D eigenvalue weighted by atomic mass is 10.1. The minimum absolute atomic E-state index is 0.0469. The van der Waals surface area contributed by atoms with Gasteiger partial charge in [-0.05, 0) is 24.3 Å². The lowest BCUT2D eigenvalue weighted by Gasteiger charge is -2.08. The van der Waals surface area contributed by atoms with Crippen LogP contribution in [0.5, 0.6) is 0 Å². The van der Waals surface area contributed by atoms with Crippen LogP contribution in [0.4, 0.5) is 22.0 Å². The molecule has 0 saturated heterocycles. The fraction of sp³-hybridized carbons (Fsp3) is 0.167. The minimum atomic E-state index is -4.59. The van der Waals surface area contributed by atoms with Crippen LogP contribution < -0.4 is 0 Å². The monoisotopic (exact) mass is 274 g/mol. The van der Waals surface area contributed by atoms with Crippen molar-refractivity contribution < 1.29 is 22.0 Å². The summed E-state index contributed by atoms with van der Waals surface area (Å²) >= 11 is 0. The lowest BCUT2D eigenvalue weighted by molar-refractivity contribution is -0.141. The number of rotatable bonds is 2. The molecule has 100 valence electrons. The fourth-order valence-electron chi connectivity index (χ4n) is 1.48. The molecule has 0 amide bonds. The number of nitrogens with zero attached hydrogens (tertiary/aromatic N) is 2. The summed E-state index contributed by atoms with van der Waals surface area (Å²) < 4.78 is 62.4. The Bertz CT molecular complexity index is 580. The van der Waals surface area contributed by atoms with E-state index in [1.54, 1.807) is 0 Å². The van der Waals surface area contributed by atoms with Crippen LogP contribution in [-0.4, -0.2) is 9.97 Å². The third-order valence-corrected chi connectivity index (χ3v) is 2.34. The van der Waals surface area contributed by atoms with Crippen molar-refractivity contribution in [3.63, 3.8) is 0 Å². The SMILES string of the molecule is FC(F)c1cccc(-c2ccnc(C(F)(F)F)c2)n1. The normalized spacial score (nSPS) is 11.9. The van der Waals surface area contributed by atoms with E-state index >= 15 is 0 Å². The molecule has 2 nitrogen and oxygen atoms in total. The Labute approximate surface area is 104 Å². The van der Waals surface area contributed by atoms with E-state index in [1.165, 1.54) is 18.2 Å². The number of hydrogen-bond donors (Lipinski definition) is 0. The van der Waals surface area contributed by atoms with Gasteiger partial charge in [0.2, 0.25) is 0 Å². The largest absolute Gasteiger partial charge is 0.433 e. The Kier molecular flexibility index (Phi) is 3.46. The molecule has 2 aromatic rings. The summed E-state index contributed by atoms with van der Waals surface area (Å²) in [7, 11) is 0. The molecule has 0 N–H and O–H groups in total. The molecule has 0 fully saturated rings. The van der Waals surface area contributed by atoms with Crippen LogP contribution in [0.15, 0.2) is 36.5 Å². The van der Waals surface area contributed by atoms with Gasteiger partial charge in [0, 0.05) is 11.8 Å². The molecule has 0 aliphatic rings. The first-order valence-electron chi connectivity index (χ1n) is 5.16. The van der Waals surface area contributed by atoms with Crippen LogP contribution in [0.25, 0.3) is 11.3 Å². The summed E-state index contributed by atoms with van der Waals surface area (Å²) in [5, 5.41) is 0. The molecule has 2 heterocycles. The molecule has 0 bridgehead atoms. The number of aromatic nitrogens is 2. The maximum absolute atomic E-state index is 12.5. The Hall–Kier alpha value is -2.05. The van der Waals surface area contributed by atoms with Crippen LogP contribution in [-0.2, 0) is 6.18 Å². The molecule has 2 aromatic heterocycles. The molecule has 0 unspecified atom stereocenters. The molecule has 19 heavy (non-hydrogen) atoms. The van der Waals surface area contributed by atoms with Crippen molar-refractivity contribution in [3.05, 3.63) is 47.9 Å². The predicted octanol–water partition coefficient (Wildman–Crippen LogP) is 4.10. The van der Waals surface area contributed by atoms with Gasteiger partial charge in [0.15, 0.2) is 0 Å². The molecule has 0 radical (unpaired) electrons. The molecule has 0 aliphatic carbocycles. The van der Waals surface area contributed by atoms with Crippen LogP contribution in [0.2, 0.25) is 0 Å². The highest BCUT2D eigenvalue weighted by molar-refractivity contribution is 5.59. The summed E-state index contributed by atoms with van der Waals surface area (Å²) in [5.74, 6) is 0. The van der Waals surface area contributed by atoms with Gasteiger partial charge in [0.1, 0.15) is 11.4 Å². The lowest BCUT2D eigenvalue weighted by Crippen LogP contribution is -2.07. The van der Waals surface area contributed by atoms with E-state index in [0.717, 1.165) is 18.3 Å². The van der Waals surface area contributed by atoms with E-state index in [4.69, 9.17) is 0 Å². The molecular weight excluding hydrogens is 267 g/mol. The Morgan fingerprint density at radius 3 is 2.42 bits per heavy atom. The van der Waals surface area contributed by atoms with Crippen LogP contribution in [0, 0.1) is 0 Å². The first-order chi connectivity index (χ1) is 8.88. The van der Waals surface area contributed by atoms with E-state index < -0.39 is 24.0 Å². The summed E-state index contributed by atoms with van der Waals surface area (Å²) in [4.78, 5) is 6.81. The standard InChI is InChI=1S/C12H7F5N2/c13-11(14)9-3-1-2-8(19-9)7-4-5-18-10(6-7)12(15,16)17/h1-6,11H. The molecule has 0 spiro atoms. The van der Waals surface area contributed by atoms with Gasteiger partial charge in [-0.3, -0.25) is 4.98 Å². The van der Waals surface area contributed by atoms with Crippen molar-refractivity contribution in [1.29, 1.82) is 0 Å². The number of hydrogen-bond acceptors (Lipinski definition) is 2. The van der Waals surface area contributed by atoms with Gasteiger partial charge >= 0.3 is 6.18 Å². The van der Waals surface area contributed by atoms with Gasteiger partial charge in [0.05, 0.1) is 5.69 Å². The zero-order chi connectivity index (χ0) is 14.0. The average Bonchev–Trinajstić information content (AvgIpc) is 2.38. The summed E-state index contributed by atoms with van der Waals surface area (Å²) in [6.07, 6.45) is -6.39. The maximum atomic E-state index is 12.5. The Balaban J connectivity index is 2.45. The number of pyridine rings is 2.